The molecule has 0 saturated heterocycles. The number of allylic oxidation sites excluding steroid dienone is 4. The minimum atomic E-state index is -0.454. The van der Waals surface area contributed by atoms with E-state index in [2.05, 4.69) is 0 Å². The standard InChI is InChI=1S/C25H24O6/c1-12(2)5-7-14-18(27)11-19-21(22(14)28)23(29)20-16-9-10-17(26)15(8-6-13(3)4)24(16)31-25(20)30-19/h5-6,9-11,26-28H,7-8H2,1-4H3. The summed E-state index contributed by atoms with van der Waals surface area (Å²) in [6.45, 7) is 7.73. The zero-order valence-electron chi connectivity index (χ0n) is 17.9. The van der Waals surface area contributed by atoms with Gasteiger partial charge in [-0.15, -0.1) is 0 Å². The summed E-state index contributed by atoms with van der Waals surface area (Å²) in [6.07, 6.45) is 4.51. The zero-order chi connectivity index (χ0) is 22.4. The molecule has 2 aromatic carbocycles. The van der Waals surface area contributed by atoms with Gasteiger partial charge < -0.3 is 24.2 Å². The third-order valence-corrected chi connectivity index (χ3v) is 5.34. The van der Waals surface area contributed by atoms with E-state index in [0.29, 0.717) is 23.0 Å². The number of furan rings is 1. The van der Waals surface area contributed by atoms with E-state index in [0.717, 1.165) is 11.1 Å². The maximum atomic E-state index is 13.4. The number of hydrogen-bond acceptors (Lipinski definition) is 6. The van der Waals surface area contributed by atoms with Crippen molar-refractivity contribution in [2.45, 2.75) is 40.5 Å². The van der Waals surface area contributed by atoms with Gasteiger partial charge in [0.05, 0.1) is 0 Å². The summed E-state index contributed by atoms with van der Waals surface area (Å²) in [6, 6.07) is 4.44. The quantitative estimate of drug-likeness (QED) is 0.359. The first kappa shape index (κ1) is 20.6. The maximum absolute atomic E-state index is 13.4. The third kappa shape index (κ3) is 3.44. The average Bonchev–Trinajstić information content (AvgIpc) is 3.04. The van der Waals surface area contributed by atoms with E-state index in [1.165, 1.54) is 12.1 Å². The van der Waals surface area contributed by atoms with E-state index in [4.69, 9.17) is 8.83 Å². The number of hydrogen-bond donors (Lipinski definition) is 3. The van der Waals surface area contributed by atoms with Crippen LogP contribution in [0.15, 0.2) is 55.1 Å². The first-order valence-electron chi connectivity index (χ1n) is 10.0. The number of aromatic hydroxyl groups is 3. The van der Waals surface area contributed by atoms with E-state index in [1.807, 2.05) is 39.8 Å². The summed E-state index contributed by atoms with van der Waals surface area (Å²) in [4.78, 5) is 13.4. The van der Waals surface area contributed by atoms with Crippen LogP contribution in [0.25, 0.3) is 33.1 Å². The first-order valence-corrected chi connectivity index (χ1v) is 10.0. The van der Waals surface area contributed by atoms with Gasteiger partial charge in [-0.1, -0.05) is 23.3 Å². The molecule has 0 atom stereocenters. The number of rotatable bonds is 4. The molecule has 2 heterocycles. The molecule has 0 aliphatic carbocycles. The number of fused-ring (bicyclic) bond motifs is 4. The Labute approximate surface area is 178 Å². The molecule has 4 aromatic rings. The molecule has 0 spiro atoms. The number of phenols is 3. The second kappa shape index (κ2) is 7.54. The minimum absolute atomic E-state index is 0.0101. The lowest BCUT2D eigenvalue weighted by Gasteiger charge is -2.08. The van der Waals surface area contributed by atoms with Crippen molar-refractivity contribution >= 4 is 33.1 Å². The van der Waals surface area contributed by atoms with Gasteiger partial charge in [0.2, 0.25) is 5.43 Å². The highest BCUT2D eigenvalue weighted by molar-refractivity contribution is 6.08. The predicted octanol–water partition coefficient (Wildman–Crippen LogP) is 5.83. The second-order valence-corrected chi connectivity index (χ2v) is 8.20. The van der Waals surface area contributed by atoms with Crippen molar-refractivity contribution in [2.75, 3.05) is 0 Å². The lowest BCUT2D eigenvalue weighted by molar-refractivity contribution is 0.442. The monoisotopic (exact) mass is 420 g/mol. The van der Waals surface area contributed by atoms with Crippen LogP contribution in [-0.4, -0.2) is 15.3 Å². The van der Waals surface area contributed by atoms with Gasteiger partial charge in [0.1, 0.15) is 39.2 Å². The van der Waals surface area contributed by atoms with E-state index >= 15 is 0 Å². The molecule has 0 aliphatic heterocycles. The molecule has 0 fully saturated rings. The van der Waals surface area contributed by atoms with Gasteiger partial charge in [-0.05, 0) is 52.7 Å². The molecule has 160 valence electrons. The first-order chi connectivity index (χ1) is 14.7. The van der Waals surface area contributed by atoms with Crippen molar-refractivity contribution in [1.82, 2.24) is 0 Å². The Hall–Kier alpha value is -3.67. The van der Waals surface area contributed by atoms with Gasteiger partial charge in [-0.2, -0.15) is 0 Å². The molecule has 2 aromatic heterocycles. The van der Waals surface area contributed by atoms with E-state index in [1.54, 1.807) is 6.07 Å². The molecule has 0 bridgehead atoms. The van der Waals surface area contributed by atoms with Gasteiger partial charge in [-0.3, -0.25) is 4.79 Å². The lowest BCUT2D eigenvalue weighted by Crippen LogP contribution is -2.03. The summed E-state index contributed by atoms with van der Waals surface area (Å²) in [5.74, 6) is -0.429. The number of benzene rings is 2. The summed E-state index contributed by atoms with van der Waals surface area (Å²) >= 11 is 0. The van der Waals surface area contributed by atoms with Crippen LogP contribution in [0.5, 0.6) is 17.2 Å². The van der Waals surface area contributed by atoms with Crippen molar-refractivity contribution in [1.29, 1.82) is 0 Å². The highest BCUT2D eigenvalue weighted by Crippen LogP contribution is 2.39. The van der Waals surface area contributed by atoms with Crippen LogP contribution < -0.4 is 5.43 Å². The van der Waals surface area contributed by atoms with Crippen LogP contribution in [0.3, 0.4) is 0 Å². The highest BCUT2D eigenvalue weighted by Gasteiger charge is 2.23. The molecule has 3 N–H and O–H groups in total. The highest BCUT2D eigenvalue weighted by atomic mass is 16.5. The maximum Gasteiger partial charge on any atom is 0.302 e. The largest absolute Gasteiger partial charge is 0.508 e. The Kier molecular flexibility index (Phi) is 5.01. The van der Waals surface area contributed by atoms with E-state index in [-0.39, 0.29) is 51.4 Å². The zero-order valence-corrected chi connectivity index (χ0v) is 17.9. The Bertz CT molecular complexity index is 1460. The molecule has 0 unspecified atom stereocenters. The minimum Gasteiger partial charge on any atom is -0.508 e. The molecular weight excluding hydrogens is 396 g/mol. The van der Waals surface area contributed by atoms with Crippen LogP contribution in [0.1, 0.15) is 38.8 Å². The predicted molar refractivity (Wildman–Crippen MR) is 121 cm³/mol. The van der Waals surface area contributed by atoms with Gasteiger partial charge in [0.25, 0.3) is 0 Å². The molecule has 4 rings (SSSR count). The summed E-state index contributed by atoms with van der Waals surface area (Å²) < 4.78 is 11.6. The molecule has 31 heavy (non-hydrogen) atoms. The average molecular weight is 420 g/mol. The van der Waals surface area contributed by atoms with Crippen molar-refractivity contribution in [2.24, 2.45) is 0 Å². The molecule has 0 aliphatic rings. The Morgan fingerprint density at radius 1 is 0.871 bits per heavy atom. The van der Waals surface area contributed by atoms with Crippen molar-refractivity contribution in [3.63, 3.8) is 0 Å². The smallest absolute Gasteiger partial charge is 0.302 e. The fraction of sp³-hybridized carbons (Fsp3) is 0.240. The summed E-state index contributed by atoms with van der Waals surface area (Å²) in [5, 5.41) is 32.2. The van der Waals surface area contributed by atoms with Crippen molar-refractivity contribution in [3.05, 3.63) is 62.8 Å². The van der Waals surface area contributed by atoms with Gasteiger partial charge in [0, 0.05) is 22.6 Å². The fourth-order valence-corrected chi connectivity index (χ4v) is 3.68. The number of phenolic OH excluding ortho intramolecular Hbond substituents is 3. The van der Waals surface area contributed by atoms with E-state index < -0.39 is 5.43 Å². The van der Waals surface area contributed by atoms with Crippen molar-refractivity contribution < 1.29 is 24.2 Å². The Balaban J connectivity index is 2.07. The van der Waals surface area contributed by atoms with Gasteiger partial charge >= 0.3 is 5.78 Å². The molecular formula is C25H24O6. The molecule has 6 heteroatoms. The van der Waals surface area contributed by atoms with Crippen molar-refractivity contribution in [3.8, 4) is 17.2 Å². The van der Waals surface area contributed by atoms with Crippen LogP contribution in [-0.2, 0) is 12.8 Å². The van der Waals surface area contributed by atoms with Gasteiger partial charge in [0.15, 0.2) is 0 Å². The SMILES string of the molecule is CC(C)=CCc1c(O)cc2oc3oc4c(CC=C(C)C)c(O)ccc4c3c(=O)c2c1O. The Morgan fingerprint density at radius 3 is 2.16 bits per heavy atom. The van der Waals surface area contributed by atoms with Crippen LogP contribution in [0, 0.1) is 0 Å². The van der Waals surface area contributed by atoms with Crippen LogP contribution in [0.2, 0.25) is 0 Å². The molecule has 0 amide bonds. The molecule has 0 saturated carbocycles. The van der Waals surface area contributed by atoms with Crippen LogP contribution >= 0.6 is 0 Å². The second-order valence-electron chi connectivity index (χ2n) is 8.20. The fourth-order valence-electron chi connectivity index (χ4n) is 3.68. The third-order valence-electron chi connectivity index (χ3n) is 5.34. The Morgan fingerprint density at radius 2 is 1.52 bits per heavy atom. The molecule has 0 radical (unpaired) electrons. The van der Waals surface area contributed by atoms with Gasteiger partial charge in [-0.25, -0.2) is 0 Å². The van der Waals surface area contributed by atoms with E-state index in [9.17, 15) is 20.1 Å². The topological polar surface area (TPSA) is 104 Å². The molecule has 6 nitrogen and oxygen atoms in total. The van der Waals surface area contributed by atoms with Crippen LogP contribution in [0.4, 0.5) is 0 Å². The normalized spacial score (nSPS) is 11.4. The summed E-state index contributed by atoms with van der Waals surface area (Å²) in [7, 11) is 0. The lowest BCUT2D eigenvalue weighted by atomic mass is 10.0. The summed E-state index contributed by atoms with van der Waals surface area (Å²) in [5.41, 5.74) is 2.84.